The number of amides is 1. The SMILES string of the molecule is Cc1cc(F)c(C=C(CNC(=O)OCc2ccccc2)B2OC(C)(C)C(C)(C)O2)cc1N. The van der Waals surface area contributed by atoms with Crippen molar-refractivity contribution in [2.75, 3.05) is 12.3 Å². The average Bonchev–Trinajstić information content (AvgIpc) is 2.95. The first-order valence-electron chi connectivity index (χ1n) is 10.5. The highest BCUT2D eigenvalue weighted by molar-refractivity contribution is 6.56. The van der Waals surface area contributed by atoms with E-state index in [0.29, 0.717) is 16.7 Å². The third-order valence-corrected chi connectivity index (χ3v) is 5.93. The zero-order chi connectivity index (χ0) is 23.5. The lowest BCUT2D eigenvalue weighted by Gasteiger charge is -2.32. The molecule has 1 fully saturated rings. The Bertz CT molecular complexity index is 993. The lowest BCUT2D eigenvalue weighted by atomic mass is 9.77. The Balaban J connectivity index is 1.78. The summed E-state index contributed by atoms with van der Waals surface area (Å²) in [6.45, 7) is 9.65. The molecule has 1 aliphatic rings. The van der Waals surface area contributed by atoms with Gasteiger partial charge in [-0.1, -0.05) is 36.4 Å². The van der Waals surface area contributed by atoms with Crippen molar-refractivity contribution in [1.29, 1.82) is 0 Å². The highest BCUT2D eigenvalue weighted by Crippen LogP contribution is 2.39. The number of rotatable bonds is 6. The second-order valence-electron chi connectivity index (χ2n) is 8.95. The lowest BCUT2D eigenvalue weighted by molar-refractivity contribution is 0.00578. The molecule has 3 N–H and O–H groups in total. The molecule has 0 bridgehead atoms. The number of aryl methyl sites for hydroxylation is 1. The summed E-state index contributed by atoms with van der Waals surface area (Å²) in [5.41, 5.74) is 7.63. The first-order valence-corrected chi connectivity index (χ1v) is 10.5. The van der Waals surface area contributed by atoms with Gasteiger partial charge in [-0.15, -0.1) is 0 Å². The number of ether oxygens (including phenoxy) is 1. The first-order chi connectivity index (χ1) is 15.0. The van der Waals surface area contributed by atoms with Crippen LogP contribution in [0.25, 0.3) is 6.08 Å². The molecule has 0 aromatic heterocycles. The zero-order valence-corrected chi connectivity index (χ0v) is 19.2. The van der Waals surface area contributed by atoms with Gasteiger partial charge in [0.1, 0.15) is 12.4 Å². The summed E-state index contributed by atoms with van der Waals surface area (Å²) in [5, 5.41) is 2.71. The summed E-state index contributed by atoms with van der Waals surface area (Å²) in [7, 11) is -0.767. The Morgan fingerprint density at radius 2 is 1.78 bits per heavy atom. The van der Waals surface area contributed by atoms with Gasteiger partial charge in [-0.25, -0.2) is 9.18 Å². The average molecular weight is 440 g/mol. The molecule has 1 saturated heterocycles. The van der Waals surface area contributed by atoms with Crippen LogP contribution in [0.5, 0.6) is 0 Å². The maximum atomic E-state index is 14.6. The summed E-state index contributed by atoms with van der Waals surface area (Å²) in [6.07, 6.45) is 1.00. The summed E-state index contributed by atoms with van der Waals surface area (Å²) in [5.74, 6) is -0.419. The van der Waals surface area contributed by atoms with Gasteiger partial charge in [0.05, 0.1) is 11.2 Å². The summed E-state index contributed by atoms with van der Waals surface area (Å²) >= 11 is 0. The van der Waals surface area contributed by atoms with Crippen LogP contribution in [-0.4, -0.2) is 31.0 Å². The minimum absolute atomic E-state index is 0.0532. The van der Waals surface area contributed by atoms with Crippen LogP contribution in [0.3, 0.4) is 0 Å². The molecule has 6 nitrogen and oxygen atoms in total. The molecule has 1 aliphatic heterocycles. The maximum Gasteiger partial charge on any atom is 0.492 e. The number of hydrogen-bond donors (Lipinski definition) is 2. The third kappa shape index (κ3) is 5.50. The molecule has 8 heteroatoms. The van der Waals surface area contributed by atoms with E-state index >= 15 is 0 Å². The van der Waals surface area contributed by atoms with Crippen molar-refractivity contribution in [3.8, 4) is 0 Å². The molecule has 2 aromatic carbocycles. The Kier molecular flexibility index (Phi) is 6.95. The number of alkyl carbamates (subject to hydrolysis) is 1. The van der Waals surface area contributed by atoms with Crippen molar-refractivity contribution >= 4 is 25.0 Å². The molecule has 1 amide bonds. The second-order valence-corrected chi connectivity index (χ2v) is 8.95. The van der Waals surface area contributed by atoms with Crippen LogP contribution in [0.2, 0.25) is 0 Å². The minimum atomic E-state index is -0.767. The number of hydrogen-bond acceptors (Lipinski definition) is 5. The van der Waals surface area contributed by atoms with Crippen molar-refractivity contribution in [1.82, 2.24) is 5.32 Å². The van der Waals surface area contributed by atoms with Crippen LogP contribution in [-0.2, 0) is 20.7 Å². The number of nitrogens with one attached hydrogen (secondary N) is 1. The Morgan fingerprint density at radius 3 is 2.41 bits per heavy atom. The summed E-state index contributed by atoms with van der Waals surface area (Å²) < 4.78 is 32.1. The van der Waals surface area contributed by atoms with Gasteiger partial charge < -0.3 is 25.1 Å². The van der Waals surface area contributed by atoms with E-state index < -0.39 is 30.2 Å². The van der Waals surface area contributed by atoms with E-state index in [4.69, 9.17) is 19.8 Å². The van der Waals surface area contributed by atoms with Gasteiger partial charge in [0.2, 0.25) is 0 Å². The van der Waals surface area contributed by atoms with Crippen LogP contribution in [0, 0.1) is 12.7 Å². The largest absolute Gasteiger partial charge is 0.492 e. The van der Waals surface area contributed by atoms with E-state index in [1.807, 2.05) is 58.0 Å². The summed E-state index contributed by atoms with van der Waals surface area (Å²) in [6, 6.07) is 12.3. The fourth-order valence-electron chi connectivity index (χ4n) is 3.16. The third-order valence-electron chi connectivity index (χ3n) is 5.93. The molecule has 0 saturated carbocycles. The maximum absolute atomic E-state index is 14.6. The monoisotopic (exact) mass is 440 g/mol. The minimum Gasteiger partial charge on any atom is -0.445 e. The quantitative estimate of drug-likeness (QED) is 0.505. The predicted molar refractivity (Wildman–Crippen MR) is 124 cm³/mol. The molecular weight excluding hydrogens is 410 g/mol. The fraction of sp³-hybridized carbons (Fsp3) is 0.375. The van der Waals surface area contributed by atoms with Crippen LogP contribution in [0.15, 0.2) is 47.9 Å². The number of carbonyl (C=O) groups excluding carboxylic acids is 1. The second kappa shape index (κ2) is 9.34. The molecule has 0 aliphatic carbocycles. The van der Waals surface area contributed by atoms with Gasteiger partial charge in [-0.05, 0) is 63.4 Å². The Labute approximate surface area is 189 Å². The Hall–Kier alpha value is -2.84. The van der Waals surface area contributed by atoms with E-state index in [0.717, 1.165) is 5.56 Å². The standard InChI is InChI=1S/C24H30BFN2O4/c1-16-11-20(26)18(13-21(16)27)12-19(25-31-23(2,3)24(4,5)32-25)14-28-22(29)30-15-17-9-7-6-8-10-17/h6-13H,14-15,27H2,1-5H3,(H,28,29). The van der Waals surface area contributed by atoms with E-state index in [2.05, 4.69) is 5.32 Å². The van der Waals surface area contributed by atoms with Crippen LogP contribution in [0.1, 0.15) is 44.4 Å². The molecular formula is C24H30BFN2O4. The van der Waals surface area contributed by atoms with Gasteiger partial charge in [0.25, 0.3) is 0 Å². The number of nitrogens with two attached hydrogens (primary N) is 1. The molecule has 0 spiro atoms. The zero-order valence-electron chi connectivity index (χ0n) is 19.2. The van der Waals surface area contributed by atoms with Crippen molar-refractivity contribution < 1.29 is 23.2 Å². The normalized spacial score (nSPS) is 17.3. The van der Waals surface area contributed by atoms with Crippen molar-refractivity contribution in [3.63, 3.8) is 0 Å². The molecule has 2 aromatic rings. The molecule has 170 valence electrons. The number of carbonyl (C=O) groups is 1. The molecule has 32 heavy (non-hydrogen) atoms. The van der Waals surface area contributed by atoms with E-state index in [9.17, 15) is 9.18 Å². The van der Waals surface area contributed by atoms with Gasteiger partial charge in [-0.2, -0.15) is 0 Å². The van der Waals surface area contributed by atoms with Gasteiger partial charge in [-0.3, -0.25) is 0 Å². The topological polar surface area (TPSA) is 82.8 Å². The molecule has 0 radical (unpaired) electrons. The molecule has 0 atom stereocenters. The predicted octanol–water partition coefficient (Wildman–Crippen LogP) is 4.66. The van der Waals surface area contributed by atoms with Gasteiger partial charge >= 0.3 is 13.2 Å². The van der Waals surface area contributed by atoms with E-state index in [1.54, 1.807) is 19.1 Å². The highest BCUT2D eigenvalue weighted by atomic mass is 19.1. The molecule has 3 rings (SSSR count). The lowest BCUT2D eigenvalue weighted by Crippen LogP contribution is -2.41. The number of anilines is 1. The highest BCUT2D eigenvalue weighted by Gasteiger charge is 2.52. The number of nitrogen functional groups attached to an aromatic ring is 1. The van der Waals surface area contributed by atoms with Crippen molar-refractivity contribution in [3.05, 3.63) is 70.4 Å². The van der Waals surface area contributed by atoms with Gasteiger partial charge in [0, 0.05) is 17.8 Å². The van der Waals surface area contributed by atoms with Crippen LogP contribution >= 0.6 is 0 Å². The van der Waals surface area contributed by atoms with Crippen molar-refractivity contribution in [2.24, 2.45) is 0 Å². The Morgan fingerprint density at radius 1 is 1.16 bits per heavy atom. The molecule has 0 unspecified atom stereocenters. The fourth-order valence-corrected chi connectivity index (χ4v) is 3.16. The first kappa shape index (κ1) is 23.8. The van der Waals surface area contributed by atoms with E-state index in [1.165, 1.54) is 6.07 Å². The van der Waals surface area contributed by atoms with E-state index in [-0.39, 0.29) is 18.7 Å². The van der Waals surface area contributed by atoms with Crippen molar-refractivity contribution in [2.45, 2.75) is 52.4 Å². The van der Waals surface area contributed by atoms with Crippen LogP contribution in [0.4, 0.5) is 14.9 Å². The van der Waals surface area contributed by atoms with Crippen LogP contribution < -0.4 is 11.1 Å². The smallest absolute Gasteiger partial charge is 0.445 e. The van der Waals surface area contributed by atoms with Gasteiger partial charge in [0.15, 0.2) is 0 Å². The number of halogens is 1. The summed E-state index contributed by atoms with van der Waals surface area (Å²) in [4.78, 5) is 12.3. The molecule has 1 heterocycles. The number of benzene rings is 2.